The second-order valence-corrected chi connectivity index (χ2v) is 4.95. The maximum atomic E-state index is 5.57. The molecule has 1 saturated carbocycles. The second-order valence-electron chi connectivity index (χ2n) is 4.95. The number of hydrogen-bond donors (Lipinski definition) is 1. The van der Waals surface area contributed by atoms with Gasteiger partial charge in [0.25, 0.3) is 0 Å². The van der Waals surface area contributed by atoms with Crippen LogP contribution >= 0.6 is 0 Å². The Balaban J connectivity index is 1.83. The molecule has 0 saturated heterocycles. The third kappa shape index (κ3) is 1.40. The normalized spacial score (nSPS) is 26.2. The van der Waals surface area contributed by atoms with E-state index in [-0.39, 0.29) is 0 Å². The van der Waals surface area contributed by atoms with E-state index in [9.17, 15) is 0 Å². The fourth-order valence-corrected chi connectivity index (χ4v) is 2.45. The Morgan fingerprint density at radius 1 is 1.24 bits per heavy atom. The largest absolute Gasteiger partial charge is 0.486 e. The van der Waals surface area contributed by atoms with Gasteiger partial charge in [-0.2, -0.15) is 0 Å². The minimum atomic E-state index is 0.612. The summed E-state index contributed by atoms with van der Waals surface area (Å²) in [6.07, 6.45) is 1.24. The minimum Gasteiger partial charge on any atom is -0.486 e. The lowest BCUT2D eigenvalue weighted by Gasteiger charge is -2.17. The molecule has 4 heteroatoms. The molecule has 2 unspecified atom stereocenters. The van der Waals surface area contributed by atoms with Gasteiger partial charge in [-0.05, 0) is 12.3 Å². The zero-order valence-corrected chi connectivity index (χ0v) is 9.69. The first kappa shape index (κ1) is 9.33. The molecular formula is C13H14N2O2. The molecule has 4 nitrogen and oxygen atoms in total. The Hall–Kier alpha value is -1.71. The van der Waals surface area contributed by atoms with Crippen LogP contribution < -0.4 is 9.47 Å². The summed E-state index contributed by atoms with van der Waals surface area (Å²) in [6.45, 7) is 3.50. The topological polar surface area (TPSA) is 47.1 Å². The van der Waals surface area contributed by atoms with Crippen molar-refractivity contribution in [2.24, 2.45) is 5.92 Å². The zero-order valence-electron chi connectivity index (χ0n) is 9.69. The van der Waals surface area contributed by atoms with Gasteiger partial charge in [0.15, 0.2) is 11.5 Å². The van der Waals surface area contributed by atoms with Gasteiger partial charge in [0, 0.05) is 18.1 Å². The number of imidazole rings is 1. The lowest BCUT2D eigenvalue weighted by atomic mass is 10.2. The van der Waals surface area contributed by atoms with Gasteiger partial charge < -0.3 is 14.5 Å². The molecule has 1 aromatic carbocycles. The summed E-state index contributed by atoms with van der Waals surface area (Å²) < 4.78 is 11.1. The molecule has 1 aromatic heterocycles. The van der Waals surface area contributed by atoms with E-state index >= 15 is 0 Å². The average Bonchev–Trinajstić information content (AvgIpc) is 2.93. The Morgan fingerprint density at radius 2 is 1.94 bits per heavy atom. The lowest BCUT2D eigenvalue weighted by Crippen LogP contribution is -2.15. The van der Waals surface area contributed by atoms with Gasteiger partial charge >= 0.3 is 0 Å². The number of hydrogen-bond acceptors (Lipinski definition) is 3. The van der Waals surface area contributed by atoms with E-state index in [2.05, 4.69) is 16.9 Å². The molecule has 2 atom stereocenters. The van der Waals surface area contributed by atoms with Crippen LogP contribution in [0.4, 0.5) is 0 Å². The van der Waals surface area contributed by atoms with Gasteiger partial charge in [-0.25, -0.2) is 4.98 Å². The molecular weight excluding hydrogens is 216 g/mol. The van der Waals surface area contributed by atoms with Crippen LogP contribution in [0.2, 0.25) is 0 Å². The first-order chi connectivity index (χ1) is 8.31. The van der Waals surface area contributed by atoms with Crippen molar-refractivity contribution in [2.45, 2.75) is 19.3 Å². The number of rotatable bonds is 1. The van der Waals surface area contributed by atoms with Crippen molar-refractivity contribution >= 4 is 11.0 Å². The summed E-state index contributed by atoms with van der Waals surface area (Å²) in [4.78, 5) is 8.03. The number of benzene rings is 1. The molecule has 17 heavy (non-hydrogen) atoms. The van der Waals surface area contributed by atoms with Crippen molar-refractivity contribution in [1.29, 1.82) is 0 Å². The third-order valence-corrected chi connectivity index (χ3v) is 3.62. The molecule has 88 valence electrons. The van der Waals surface area contributed by atoms with Crippen LogP contribution in [0.5, 0.6) is 11.5 Å². The van der Waals surface area contributed by atoms with Gasteiger partial charge in [0.2, 0.25) is 0 Å². The van der Waals surface area contributed by atoms with E-state index in [1.54, 1.807) is 0 Å². The third-order valence-electron chi connectivity index (χ3n) is 3.62. The molecule has 0 amide bonds. The minimum absolute atomic E-state index is 0.612. The number of nitrogens with zero attached hydrogens (tertiary/aromatic N) is 1. The molecule has 2 heterocycles. The van der Waals surface area contributed by atoms with Crippen molar-refractivity contribution in [3.8, 4) is 11.5 Å². The molecule has 0 radical (unpaired) electrons. The molecule has 4 rings (SSSR count). The van der Waals surface area contributed by atoms with E-state index < -0.39 is 0 Å². The monoisotopic (exact) mass is 230 g/mol. The first-order valence-electron chi connectivity index (χ1n) is 6.10. The first-order valence-corrected chi connectivity index (χ1v) is 6.10. The van der Waals surface area contributed by atoms with Crippen LogP contribution in [0.15, 0.2) is 12.1 Å². The smallest absolute Gasteiger partial charge is 0.163 e. The maximum Gasteiger partial charge on any atom is 0.163 e. The van der Waals surface area contributed by atoms with Crippen LogP contribution in [0.1, 0.15) is 25.1 Å². The highest BCUT2D eigenvalue weighted by Crippen LogP contribution is 2.46. The molecule has 2 aromatic rings. The van der Waals surface area contributed by atoms with Crippen molar-refractivity contribution in [1.82, 2.24) is 9.97 Å². The second kappa shape index (κ2) is 3.15. The van der Waals surface area contributed by atoms with Crippen molar-refractivity contribution in [3.63, 3.8) is 0 Å². The molecule has 1 aliphatic heterocycles. The number of aromatic amines is 1. The van der Waals surface area contributed by atoms with Crippen molar-refractivity contribution in [3.05, 3.63) is 18.0 Å². The Kier molecular flexibility index (Phi) is 1.73. The van der Waals surface area contributed by atoms with Gasteiger partial charge in [0.1, 0.15) is 19.0 Å². The summed E-state index contributed by atoms with van der Waals surface area (Å²) in [5, 5.41) is 0. The fraction of sp³-hybridized carbons (Fsp3) is 0.462. The maximum absolute atomic E-state index is 5.57. The van der Waals surface area contributed by atoms with E-state index in [4.69, 9.17) is 9.47 Å². The van der Waals surface area contributed by atoms with Gasteiger partial charge in [0.05, 0.1) is 11.0 Å². The summed E-state index contributed by atoms with van der Waals surface area (Å²) in [6, 6.07) is 3.96. The van der Waals surface area contributed by atoms with Crippen LogP contribution in [0.25, 0.3) is 11.0 Å². The van der Waals surface area contributed by atoms with Gasteiger partial charge in [-0.3, -0.25) is 0 Å². The molecule has 0 bridgehead atoms. The molecule has 1 fully saturated rings. The molecule has 2 aliphatic rings. The Labute approximate surface area is 98.9 Å². The summed E-state index contributed by atoms with van der Waals surface area (Å²) in [7, 11) is 0. The average molecular weight is 230 g/mol. The Morgan fingerprint density at radius 3 is 2.65 bits per heavy atom. The number of ether oxygens (including phenoxy) is 2. The van der Waals surface area contributed by atoms with Crippen LogP contribution in [0.3, 0.4) is 0 Å². The standard InChI is InChI=1S/C13H14N2O2/c1-7-4-8(7)13-14-9-5-11-12(6-10(9)15-13)17-3-2-16-11/h5-8H,2-4H2,1H3,(H,14,15). The zero-order chi connectivity index (χ0) is 11.4. The van der Waals surface area contributed by atoms with Crippen molar-refractivity contribution < 1.29 is 9.47 Å². The highest BCUT2D eigenvalue weighted by molar-refractivity contribution is 5.80. The predicted molar refractivity (Wildman–Crippen MR) is 63.6 cm³/mol. The quantitative estimate of drug-likeness (QED) is 0.818. The number of nitrogens with one attached hydrogen (secondary N) is 1. The van der Waals surface area contributed by atoms with E-state index in [0.29, 0.717) is 19.1 Å². The van der Waals surface area contributed by atoms with Crippen LogP contribution in [0, 0.1) is 5.92 Å². The predicted octanol–water partition coefficient (Wildman–Crippen LogP) is 2.46. The molecule has 1 aliphatic carbocycles. The van der Waals surface area contributed by atoms with E-state index in [0.717, 1.165) is 34.3 Å². The lowest BCUT2D eigenvalue weighted by molar-refractivity contribution is 0.172. The highest BCUT2D eigenvalue weighted by atomic mass is 16.6. The molecule has 0 spiro atoms. The van der Waals surface area contributed by atoms with Crippen LogP contribution in [-0.4, -0.2) is 23.2 Å². The summed E-state index contributed by atoms with van der Waals surface area (Å²) in [5.41, 5.74) is 2.02. The highest BCUT2D eigenvalue weighted by Gasteiger charge is 2.36. The summed E-state index contributed by atoms with van der Waals surface area (Å²) in [5.74, 6) is 4.11. The number of H-pyrrole nitrogens is 1. The SMILES string of the molecule is CC1CC1c1nc2cc3c(cc2[nH]1)OCCO3. The summed E-state index contributed by atoms with van der Waals surface area (Å²) >= 11 is 0. The molecule has 1 N–H and O–H groups in total. The van der Waals surface area contributed by atoms with Crippen molar-refractivity contribution in [2.75, 3.05) is 13.2 Å². The van der Waals surface area contributed by atoms with Gasteiger partial charge in [-0.1, -0.05) is 6.92 Å². The number of aromatic nitrogens is 2. The Bertz CT molecular complexity index is 547. The van der Waals surface area contributed by atoms with E-state index in [1.165, 1.54) is 6.42 Å². The van der Waals surface area contributed by atoms with Gasteiger partial charge in [-0.15, -0.1) is 0 Å². The van der Waals surface area contributed by atoms with Crippen LogP contribution in [-0.2, 0) is 0 Å². The van der Waals surface area contributed by atoms with E-state index in [1.807, 2.05) is 12.1 Å². The number of fused-ring (bicyclic) bond motifs is 2. The fourth-order valence-electron chi connectivity index (χ4n) is 2.45.